The Kier molecular flexibility index (Phi) is 4.54. The molecule has 1 saturated heterocycles. The normalized spacial score (nSPS) is 19.1. The molecular formula is C15H17N3O5S. The lowest BCUT2D eigenvalue weighted by Crippen LogP contribution is -2.49. The van der Waals surface area contributed by atoms with Crippen LogP contribution in [0.2, 0.25) is 0 Å². The number of aromatic nitrogens is 1. The van der Waals surface area contributed by atoms with Crippen molar-refractivity contribution in [2.24, 2.45) is 0 Å². The molecule has 1 amide bonds. The van der Waals surface area contributed by atoms with Crippen molar-refractivity contribution in [3.05, 3.63) is 37.1 Å². The molecule has 1 fully saturated rings. The molecule has 0 bridgehead atoms. The Morgan fingerprint density at radius 1 is 1.38 bits per heavy atom. The summed E-state index contributed by atoms with van der Waals surface area (Å²) < 4.78 is 37.1. The number of amides is 1. The lowest BCUT2D eigenvalue weighted by Gasteiger charge is -2.31. The molecular weight excluding hydrogens is 334 g/mol. The molecule has 2 aromatic rings. The fraction of sp³-hybridized carbons (Fsp3) is 0.333. The third-order valence-corrected chi connectivity index (χ3v) is 5.51. The largest absolute Gasteiger partial charge is 0.440 e. The number of carbonyl (C=O) groups is 1. The second-order valence-electron chi connectivity index (χ2n) is 5.41. The SMILES string of the molecule is C=CC(=O)N[C@H]1CCCN(S(=O)(=O)c2ccc(-c3ccno3)o2)C1. The molecule has 1 aliphatic rings. The van der Waals surface area contributed by atoms with Gasteiger partial charge in [0.25, 0.3) is 10.0 Å². The van der Waals surface area contributed by atoms with E-state index in [2.05, 4.69) is 17.1 Å². The number of hydrogen-bond acceptors (Lipinski definition) is 6. The molecule has 1 atom stereocenters. The zero-order chi connectivity index (χ0) is 17.2. The maximum Gasteiger partial charge on any atom is 0.276 e. The van der Waals surface area contributed by atoms with E-state index in [1.54, 1.807) is 6.07 Å². The summed E-state index contributed by atoms with van der Waals surface area (Å²) in [5.41, 5.74) is 0. The van der Waals surface area contributed by atoms with Crippen molar-refractivity contribution in [2.45, 2.75) is 24.0 Å². The van der Waals surface area contributed by atoms with Gasteiger partial charge in [-0.2, -0.15) is 4.31 Å². The van der Waals surface area contributed by atoms with Gasteiger partial charge < -0.3 is 14.3 Å². The highest BCUT2D eigenvalue weighted by molar-refractivity contribution is 7.89. The molecule has 24 heavy (non-hydrogen) atoms. The monoisotopic (exact) mass is 351 g/mol. The van der Waals surface area contributed by atoms with Gasteiger partial charge in [-0.15, -0.1) is 0 Å². The molecule has 9 heteroatoms. The number of sulfonamides is 1. The van der Waals surface area contributed by atoms with Gasteiger partial charge in [0.05, 0.1) is 6.20 Å². The van der Waals surface area contributed by atoms with Gasteiger partial charge in [0.15, 0.2) is 5.76 Å². The summed E-state index contributed by atoms with van der Waals surface area (Å²) in [7, 11) is -3.78. The Bertz CT molecular complexity index is 825. The van der Waals surface area contributed by atoms with E-state index in [9.17, 15) is 13.2 Å². The van der Waals surface area contributed by atoms with Crippen LogP contribution >= 0.6 is 0 Å². The number of furan rings is 1. The zero-order valence-corrected chi connectivity index (χ0v) is 13.7. The van der Waals surface area contributed by atoms with Crippen LogP contribution in [0.1, 0.15) is 12.8 Å². The van der Waals surface area contributed by atoms with E-state index in [1.807, 2.05) is 0 Å². The maximum absolute atomic E-state index is 12.7. The van der Waals surface area contributed by atoms with Gasteiger partial charge >= 0.3 is 0 Å². The van der Waals surface area contributed by atoms with Crippen molar-refractivity contribution in [3.63, 3.8) is 0 Å². The van der Waals surface area contributed by atoms with E-state index < -0.39 is 10.0 Å². The van der Waals surface area contributed by atoms with Crippen LogP contribution in [0.15, 0.2) is 51.1 Å². The van der Waals surface area contributed by atoms with E-state index >= 15 is 0 Å². The molecule has 3 rings (SSSR count). The first-order valence-corrected chi connectivity index (χ1v) is 8.88. The summed E-state index contributed by atoms with van der Waals surface area (Å²) in [6.07, 6.45) is 3.98. The fourth-order valence-electron chi connectivity index (χ4n) is 2.60. The summed E-state index contributed by atoms with van der Waals surface area (Å²) in [5.74, 6) is 0.329. The van der Waals surface area contributed by atoms with Gasteiger partial charge in [0, 0.05) is 25.2 Å². The lowest BCUT2D eigenvalue weighted by atomic mass is 10.1. The molecule has 2 aromatic heterocycles. The first-order chi connectivity index (χ1) is 11.5. The number of carbonyl (C=O) groups excluding carboxylic acids is 1. The van der Waals surface area contributed by atoms with Gasteiger partial charge in [-0.3, -0.25) is 4.79 Å². The Morgan fingerprint density at radius 2 is 2.21 bits per heavy atom. The second-order valence-corrected chi connectivity index (χ2v) is 7.28. The van der Waals surface area contributed by atoms with Crippen molar-refractivity contribution >= 4 is 15.9 Å². The minimum Gasteiger partial charge on any atom is -0.440 e. The third-order valence-electron chi connectivity index (χ3n) is 3.77. The average Bonchev–Trinajstić information content (AvgIpc) is 3.26. The van der Waals surface area contributed by atoms with E-state index in [-0.39, 0.29) is 23.6 Å². The third kappa shape index (κ3) is 3.26. The molecule has 8 nitrogen and oxygen atoms in total. The van der Waals surface area contributed by atoms with Crippen molar-refractivity contribution in [1.82, 2.24) is 14.8 Å². The predicted octanol–water partition coefficient (Wildman–Crippen LogP) is 1.39. The molecule has 3 heterocycles. The predicted molar refractivity (Wildman–Crippen MR) is 84.3 cm³/mol. The van der Waals surface area contributed by atoms with Crippen LogP contribution in [0.5, 0.6) is 0 Å². The standard InChI is InChI=1S/C15H17N3O5S/c1-2-14(19)17-11-4-3-9-18(10-11)24(20,21)15-6-5-12(22-15)13-7-8-16-23-13/h2,5-8,11H,1,3-4,9-10H2,(H,17,19)/t11-/m0/s1. The number of hydrogen-bond donors (Lipinski definition) is 1. The van der Waals surface area contributed by atoms with E-state index in [4.69, 9.17) is 8.94 Å². The molecule has 0 saturated carbocycles. The maximum atomic E-state index is 12.7. The first-order valence-electron chi connectivity index (χ1n) is 7.44. The highest BCUT2D eigenvalue weighted by Crippen LogP contribution is 2.27. The molecule has 128 valence electrons. The first kappa shape index (κ1) is 16.5. The Morgan fingerprint density at radius 3 is 2.92 bits per heavy atom. The summed E-state index contributed by atoms with van der Waals surface area (Å²) in [5, 5.41) is 6.13. The number of nitrogens with one attached hydrogen (secondary N) is 1. The molecule has 0 aliphatic carbocycles. The number of piperidine rings is 1. The fourth-order valence-corrected chi connectivity index (χ4v) is 4.04. The average molecular weight is 351 g/mol. The van der Waals surface area contributed by atoms with Crippen molar-refractivity contribution in [1.29, 1.82) is 0 Å². The van der Waals surface area contributed by atoms with Crippen LogP contribution in [-0.2, 0) is 14.8 Å². The van der Waals surface area contributed by atoms with Gasteiger partial charge in [0.1, 0.15) is 0 Å². The van der Waals surface area contributed by atoms with E-state index in [0.717, 1.165) is 0 Å². The van der Waals surface area contributed by atoms with Gasteiger partial charge in [-0.25, -0.2) is 8.42 Å². The second kappa shape index (κ2) is 6.62. The summed E-state index contributed by atoms with van der Waals surface area (Å²) in [6, 6.07) is 4.24. The Hall–Kier alpha value is -2.39. The van der Waals surface area contributed by atoms with Crippen LogP contribution in [0.25, 0.3) is 11.5 Å². The van der Waals surface area contributed by atoms with Crippen molar-refractivity contribution in [3.8, 4) is 11.5 Å². The number of rotatable bonds is 5. The van der Waals surface area contributed by atoms with Crippen LogP contribution < -0.4 is 5.32 Å². The highest BCUT2D eigenvalue weighted by atomic mass is 32.2. The molecule has 1 aliphatic heterocycles. The van der Waals surface area contributed by atoms with Crippen molar-refractivity contribution < 1.29 is 22.2 Å². The number of nitrogens with zero attached hydrogens (tertiary/aromatic N) is 2. The Labute approximate surface area is 139 Å². The minimum atomic E-state index is -3.78. The van der Waals surface area contributed by atoms with Crippen LogP contribution in [0.3, 0.4) is 0 Å². The van der Waals surface area contributed by atoms with E-state index in [1.165, 1.54) is 28.7 Å². The minimum absolute atomic E-state index is 0.162. The molecule has 0 aromatic carbocycles. The van der Waals surface area contributed by atoms with Gasteiger partial charge in [-0.05, 0) is 31.1 Å². The Balaban J connectivity index is 1.77. The summed E-state index contributed by atoms with van der Waals surface area (Å²) in [4.78, 5) is 11.4. The molecule has 0 radical (unpaired) electrons. The van der Waals surface area contributed by atoms with Crippen LogP contribution in [-0.4, -0.2) is 42.9 Å². The topological polar surface area (TPSA) is 106 Å². The molecule has 0 spiro atoms. The smallest absolute Gasteiger partial charge is 0.276 e. The van der Waals surface area contributed by atoms with Crippen molar-refractivity contribution in [2.75, 3.05) is 13.1 Å². The quantitative estimate of drug-likeness (QED) is 0.816. The lowest BCUT2D eigenvalue weighted by molar-refractivity contribution is -0.117. The van der Waals surface area contributed by atoms with Gasteiger partial charge in [-0.1, -0.05) is 11.7 Å². The zero-order valence-electron chi connectivity index (χ0n) is 12.8. The molecule has 1 N–H and O–H groups in total. The molecule has 0 unspecified atom stereocenters. The van der Waals surface area contributed by atoms with Crippen LogP contribution in [0, 0.1) is 0 Å². The summed E-state index contributed by atoms with van der Waals surface area (Å²) >= 11 is 0. The summed E-state index contributed by atoms with van der Waals surface area (Å²) in [6.45, 7) is 3.97. The highest BCUT2D eigenvalue weighted by Gasteiger charge is 2.33. The van der Waals surface area contributed by atoms with E-state index in [0.29, 0.717) is 30.9 Å². The van der Waals surface area contributed by atoms with Crippen LogP contribution in [0.4, 0.5) is 0 Å². The van der Waals surface area contributed by atoms with Gasteiger partial charge in [0.2, 0.25) is 16.8 Å².